The first-order chi connectivity index (χ1) is 10.7. The smallest absolute Gasteiger partial charge is 0.223 e. The predicted octanol–water partition coefficient (Wildman–Crippen LogP) is 3.27. The number of aromatic nitrogens is 2. The van der Waals surface area contributed by atoms with Crippen LogP contribution in [0.2, 0.25) is 0 Å². The van der Waals surface area contributed by atoms with E-state index in [1.807, 2.05) is 6.20 Å². The van der Waals surface area contributed by atoms with Gasteiger partial charge in [0.2, 0.25) is 5.91 Å². The largest absolute Gasteiger partial charge is 0.355 e. The molecule has 23 heavy (non-hydrogen) atoms. The number of nitrogens with one attached hydrogen (secondary N) is 2. The topological polar surface area (TPSA) is 57.8 Å². The van der Waals surface area contributed by atoms with Gasteiger partial charge < -0.3 is 10.3 Å². The number of nitrogens with zero attached hydrogens (tertiary/aromatic N) is 1. The third-order valence-electron chi connectivity index (χ3n) is 6.83. The van der Waals surface area contributed by atoms with Crippen LogP contribution in [0.5, 0.6) is 0 Å². The summed E-state index contributed by atoms with van der Waals surface area (Å²) in [7, 11) is 0. The molecule has 1 aromatic rings. The number of halogens is 1. The van der Waals surface area contributed by atoms with Gasteiger partial charge in [-0.3, -0.25) is 4.79 Å². The fourth-order valence-electron chi connectivity index (χ4n) is 6.20. The van der Waals surface area contributed by atoms with Crippen molar-refractivity contribution in [1.29, 1.82) is 0 Å². The van der Waals surface area contributed by atoms with Crippen molar-refractivity contribution in [2.24, 2.45) is 29.1 Å². The molecule has 1 aromatic heterocycles. The van der Waals surface area contributed by atoms with Crippen molar-refractivity contribution < 1.29 is 4.79 Å². The lowest BCUT2D eigenvalue weighted by Crippen LogP contribution is -2.51. The molecule has 1 amide bonds. The number of hydrogen-bond donors (Lipinski definition) is 2. The summed E-state index contributed by atoms with van der Waals surface area (Å²) < 4.78 is 0. The maximum absolute atomic E-state index is 12.5. The van der Waals surface area contributed by atoms with Crippen molar-refractivity contribution in [3.63, 3.8) is 0 Å². The normalized spacial score (nSPS) is 43.0. The lowest BCUT2D eigenvalue weighted by Gasteiger charge is -2.56. The van der Waals surface area contributed by atoms with Crippen molar-refractivity contribution in [3.05, 3.63) is 18.2 Å². The minimum atomic E-state index is 0. The summed E-state index contributed by atoms with van der Waals surface area (Å²) >= 11 is 0. The SMILES string of the molecule is Cl.O=C(NCC12CC3CC(CC(C3)C1)C2)[C@H]1C[C@@H]1c1c[nH]cn1. The van der Waals surface area contributed by atoms with Gasteiger partial charge >= 0.3 is 0 Å². The number of aromatic amines is 1. The van der Waals surface area contributed by atoms with Gasteiger partial charge in [-0.05, 0) is 68.1 Å². The van der Waals surface area contributed by atoms with E-state index in [9.17, 15) is 4.79 Å². The van der Waals surface area contributed by atoms with Gasteiger partial charge in [0.15, 0.2) is 0 Å². The Kier molecular flexibility index (Phi) is 3.71. The molecule has 0 saturated heterocycles. The number of carbonyl (C=O) groups is 1. The van der Waals surface area contributed by atoms with Crippen LogP contribution in [0.4, 0.5) is 0 Å². The van der Waals surface area contributed by atoms with Crippen molar-refractivity contribution in [2.45, 2.75) is 50.9 Å². The Bertz CT molecular complexity index is 550. The summed E-state index contributed by atoms with van der Waals surface area (Å²) in [6.45, 7) is 0.930. The van der Waals surface area contributed by atoms with Gasteiger partial charge in [0, 0.05) is 24.6 Å². The lowest BCUT2D eigenvalue weighted by molar-refractivity contribution is -0.124. The molecule has 0 radical (unpaired) electrons. The first kappa shape index (κ1) is 15.5. The van der Waals surface area contributed by atoms with E-state index >= 15 is 0 Å². The van der Waals surface area contributed by atoms with Crippen LogP contribution in [0.15, 0.2) is 12.5 Å². The molecule has 5 saturated carbocycles. The first-order valence-corrected chi connectivity index (χ1v) is 8.97. The van der Waals surface area contributed by atoms with E-state index in [0.717, 1.165) is 36.4 Å². The Morgan fingerprint density at radius 2 is 1.83 bits per heavy atom. The molecule has 1 heterocycles. The molecule has 2 atom stereocenters. The molecule has 5 heteroatoms. The highest BCUT2D eigenvalue weighted by Gasteiger charge is 2.51. The summed E-state index contributed by atoms with van der Waals surface area (Å²) in [6, 6.07) is 0. The van der Waals surface area contributed by atoms with Gasteiger partial charge in [-0.15, -0.1) is 12.4 Å². The zero-order valence-electron chi connectivity index (χ0n) is 13.5. The fraction of sp³-hybridized carbons (Fsp3) is 0.778. The molecule has 0 unspecified atom stereocenters. The lowest BCUT2D eigenvalue weighted by atomic mass is 9.49. The summed E-state index contributed by atoms with van der Waals surface area (Å²) in [4.78, 5) is 19.7. The molecule has 126 valence electrons. The predicted molar refractivity (Wildman–Crippen MR) is 90.3 cm³/mol. The first-order valence-electron chi connectivity index (χ1n) is 8.97. The molecule has 5 aliphatic rings. The highest BCUT2D eigenvalue weighted by molar-refractivity contribution is 5.85. The Balaban J connectivity index is 0.00000135. The minimum Gasteiger partial charge on any atom is -0.355 e. The Labute approximate surface area is 143 Å². The number of hydrogen-bond acceptors (Lipinski definition) is 2. The molecular weight excluding hydrogens is 310 g/mol. The Morgan fingerprint density at radius 1 is 1.17 bits per heavy atom. The second-order valence-corrected chi connectivity index (χ2v) is 8.58. The van der Waals surface area contributed by atoms with Crippen molar-refractivity contribution >= 4 is 18.3 Å². The van der Waals surface area contributed by atoms with E-state index in [1.54, 1.807) is 6.33 Å². The van der Waals surface area contributed by atoms with E-state index in [-0.39, 0.29) is 24.2 Å². The molecule has 2 N–H and O–H groups in total. The second-order valence-electron chi connectivity index (χ2n) is 8.58. The van der Waals surface area contributed by atoms with Gasteiger partial charge in [-0.1, -0.05) is 0 Å². The van der Waals surface area contributed by atoms with E-state index in [2.05, 4.69) is 15.3 Å². The van der Waals surface area contributed by atoms with E-state index in [1.165, 1.54) is 38.5 Å². The summed E-state index contributed by atoms with van der Waals surface area (Å²) in [5, 5.41) is 3.32. The average Bonchev–Trinajstić information content (AvgIpc) is 3.09. The van der Waals surface area contributed by atoms with Crippen molar-refractivity contribution in [1.82, 2.24) is 15.3 Å². The zero-order valence-corrected chi connectivity index (χ0v) is 14.3. The van der Waals surface area contributed by atoms with Gasteiger partial charge in [0.25, 0.3) is 0 Å². The highest BCUT2D eigenvalue weighted by Crippen LogP contribution is 2.59. The molecular formula is C18H26ClN3O. The van der Waals surface area contributed by atoms with E-state index < -0.39 is 0 Å². The molecule has 0 aliphatic heterocycles. The van der Waals surface area contributed by atoms with Crippen LogP contribution in [0.1, 0.15) is 56.6 Å². The molecule has 6 rings (SSSR count). The molecule has 5 aliphatic carbocycles. The minimum absolute atomic E-state index is 0. The third-order valence-corrected chi connectivity index (χ3v) is 6.83. The van der Waals surface area contributed by atoms with E-state index in [0.29, 0.717) is 11.3 Å². The van der Waals surface area contributed by atoms with Crippen LogP contribution in [0, 0.1) is 29.1 Å². The molecule has 5 fully saturated rings. The van der Waals surface area contributed by atoms with Crippen LogP contribution in [0.3, 0.4) is 0 Å². The van der Waals surface area contributed by atoms with Crippen LogP contribution >= 0.6 is 12.4 Å². The number of rotatable bonds is 4. The summed E-state index contributed by atoms with van der Waals surface area (Å²) in [5.74, 6) is 3.66. The van der Waals surface area contributed by atoms with Gasteiger partial charge in [-0.25, -0.2) is 4.98 Å². The fourth-order valence-corrected chi connectivity index (χ4v) is 6.20. The van der Waals surface area contributed by atoms with Crippen LogP contribution < -0.4 is 5.32 Å². The van der Waals surface area contributed by atoms with Gasteiger partial charge in [0.05, 0.1) is 12.0 Å². The third kappa shape index (κ3) is 2.69. The highest BCUT2D eigenvalue weighted by atomic mass is 35.5. The number of carbonyl (C=O) groups excluding carboxylic acids is 1. The molecule has 4 nitrogen and oxygen atoms in total. The number of imidazole rings is 1. The molecule has 4 bridgehead atoms. The van der Waals surface area contributed by atoms with Crippen LogP contribution in [0.25, 0.3) is 0 Å². The monoisotopic (exact) mass is 335 g/mol. The zero-order chi connectivity index (χ0) is 14.7. The molecule has 0 aromatic carbocycles. The maximum Gasteiger partial charge on any atom is 0.223 e. The van der Waals surface area contributed by atoms with Crippen molar-refractivity contribution in [2.75, 3.05) is 6.54 Å². The van der Waals surface area contributed by atoms with Crippen LogP contribution in [-0.2, 0) is 4.79 Å². The second kappa shape index (κ2) is 5.51. The maximum atomic E-state index is 12.5. The van der Waals surface area contributed by atoms with E-state index in [4.69, 9.17) is 0 Å². The summed E-state index contributed by atoms with van der Waals surface area (Å²) in [6.07, 6.45) is 13.1. The van der Waals surface area contributed by atoms with Gasteiger partial charge in [-0.2, -0.15) is 0 Å². The van der Waals surface area contributed by atoms with Crippen LogP contribution in [-0.4, -0.2) is 22.4 Å². The van der Waals surface area contributed by atoms with Crippen molar-refractivity contribution in [3.8, 4) is 0 Å². The Morgan fingerprint density at radius 3 is 2.39 bits per heavy atom. The van der Waals surface area contributed by atoms with Gasteiger partial charge in [0.1, 0.15) is 0 Å². The quantitative estimate of drug-likeness (QED) is 0.887. The number of amides is 1. The average molecular weight is 336 g/mol. The number of H-pyrrole nitrogens is 1. The molecule has 0 spiro atoms. The Hall–Kier alpha value is -1.03. The standard InChI is InChI=1S/C18H25N3O.ClH/c22-17(15-4-14(15)16-8-19-10-21-16)20-9-18-5-11-1-12(6-18)3-13(2-11)7-18;/h8,10-15H,1-7,9H2,(H,19,21)(H,20,22);1H/t11?,12?,13?,14-,15-,18?;/m0./s1. The summed E-state index contributed by atoms with van der Waals surface area (Å²) in [5.41, 5.74) is 1.50.